The summed E-state index contributed by atoms with van der Waals surface area (Å²) in [4.78, 5) is 59.7. The highest BCUT2D eigenvalue weighted by atomic mass is 16.6. The average Bonchev–Trinajstić information content (AvgIpc) is 3.68. The van der Waals surface area contributed by atoms with Crippen LogP contribution in [0.25, 0.3) is 0 Å². The van der Waals surface area contributed by atoms with Gasteiger partial charge >= 0.3 is 5.97 Å². The number of allylic oxidation sites excluding steroid dienone is 1. The normalized spacial score (nSPS) is 26.5. The lowest BCUT2D eigenvalue weighted by atomic mass is 9.70. The number of nitrogens with zero attached hydrogens (tertiary/aromatic N) is 2. The van der Waals surface area contributed by atoms with Crippen LogP contribution in [-0.2, 0) is 33.4 Å². The Balaban J connectivity index is 1.75. The van der Waals surface area contributed by atoms with E-state index in [0.29, 0.717) is 24.8 Å². The lowest BCUT2D eigenvalue weighted by Crippen LogP contribution is -2.62. The molecule has 1 aromatic carbocycles. The van der Waals surface area contributed by atoms with Gasteiger partial charge in [0.05, 0.1) is 43.2 Å². The number of fused-ring (bicyclic) bond motifs is 1. The molecule has 1 aromatic rings. The first-order valence-corrected chi connectivity index (χ1v) is 16.9. The Morgan fingerprint density at radius 3 is 2.44 bits per heavy atom. The van der Waals surface area contributed by atoms with E-state index in [9.17, 15) is 24.3 Å². The quantitative estimate of drug-likeness (QED) is 0.202. The molecule has 0 aromatic heterocycles. The van der Waals surface area contributed by atoms with Gasteiger partial charge in [-0.3, -0.25) is 19.2 Å². The third kappa shape index (κ3) is 7.09. The van der Waals surface area contributed by atoms with E-state index in [-0.39, 0.29) is 43.9 Å². The van der Waals surface area contributed by atoms with Gasteiger partial charge in [-0.15, -0.1) is 13.2 Å². The maximum Gasteiger partial charge on any atom is 0.313 e. The van der Waals surface area contributed by atoms with Crippen LogP contribution < -0.4 is 5.32 Å². The van der Waals surface area contributed by atoms with Crippen molar-refractivity contribution in [2.75, 3.05) is 26.9 Å². The summed E-state index contributed by atoms with van der Waals surface area (Å²) in [7, 11) is 1.50. The van der Waals surface area contributed by atoms with Crippen LogP contribution in [0.2, 0.25) is 0 Å². The van der Waals surface area contributed by atoms with Crippen molar-refractivity contribution >= 4 is 23.7 Å². The van der Waals surface area contributed by atoms with Crippen LogP contribution >= 0.6 is 0 Å². The topological polar surface area (TPSA) is 135 Å². The smallest absolute Gasteiger partial charge is 0.313 e. The molecule has 0 saturated carbocycles. The number of methoxy groups -OCH3 is 1. The van der Waals surface area contributed by atoms with Crippen molar-refractivity contribution < 1.29 is 38.5 Å². The molecule has 11 heteroatoms. The maximum atomic E-state index is 14.6. The van der Waals surface area contributed by atoms with E-state index in [1.54, 1.807) is 17.1 Å². The molecule has 0 radical (unpaired) electrons. The van der Waals surface area contributed by atoms with Crippen molar-refractivity contribution in [1.82, 2.24) is 15.1 Å². The molecule has 3 heterocycles. The summed E-state index contributed by atoms with van der Waals surface area (Å²) in [6.45, 7) is 17.0. The van der Waals surface area contributed by atoms with Crippen LogP contribution in [0.4, 0.5) is 0 Å². The summed E-state index contributed by atoms with van der Waals surface area (Å²) in [6, 6.07) is 6.63. The highest BCUT2D eigenvalue weighted by Crippen LogP contribution is 2.59. The van der Waals surface area contributed by atoms with E-state index in [4.69, 9.17) is 14.2 Å². The lowest BCUT2D eigenvalue weighted by molar-refractivity contribution is -0.164. The minimum Gasteiger partial charge on any atom is -0.455 e. The van der Waals surface area contributed by atoms with Crippen LogP contribution in [0.5, 0.6) is 0 Å². The van der Waals surface area contributed by atoms with Crippen molar-refractivity contribution in [3.8, 4) is 0 Å². The van der Waals surface area contributed by atoms with Gasteiger partial charge in [0.15, 0.2) is 0 Å². The molecule has 2 N–H and O–H groups in total. The van der Waals surface area contributed by atoms with Crippen molar-refractivity contribution in [1.29, 1.82) is 0 Å². The fraction of sp³-hybridized carbons (Fsp3) is 0.622. The molecule has 2 bridgehead atoms. The minimum absolute atomic E-state index is 0.0619. The Bertz CT molecular complexity index is 1340. The molecule has 3 amide bonds. The molecule has 0 aliphatic carbocycles. The molecule has 3 fully saturated rings. The summed E-state index contributed by atoms with van der Waals surface area (Å²) in [5.41, 5.74) is -1.23. The Labute approximate surface area is 284 Å². The first-order chi connectivity index (χ1) is 22.8. The molecule has 8 atom stereocenters. The predicted molar refractivity (Wildman–Crippen MR) is 180 cm³/mol. The van der Waals surface area contributed by atoms with Gasteiger partial charge in [0, 0.05) is 25.6 Å². The van der Waals surface area contributed by atoms with Gasteiger partial charge in [-0.1, -0.05) is 56.3 Å². The molecular weight excluding hydrogens is 614 g/mol. The summed E-state index contributed by atoms with van der Waals surface area (Å²) < 4.78 is 18.4. The van der Waals surface area contributed by atoms with Crippen molar-refractivity contribution in [2.45, 2.75) is 102 Å². The van der Waals surface area contributed by atoms with E-state index in [1.807, 2.05) is 65.0 Å². The van der Waals surface area contributed by atoms with Gasteiger partial charge in [-0.25, -0.2) is 0 Å². The van der Waals surface area contributed by atoms with E-state index < -0.39 is 65.2 Å². The number of amides is 3. The number of carbonyl (C=O) groups is 4. The van der Waals surface area contributed by atoms with Crippen LogP contribution in [0.15, 0.2) is 55.6 Å². The van der Waals surface area contributed by atoms with Gasteiger partial charge in [-0.05, 0) is 51.5 Å². The summed E-state index contributed by atoms with van der Waals surface area (Å²) in [5, 5.41) is 13.5. The average molecular weight is 668 g/mol. The zero-order valence-electron chi connectivity index (χ0n) is 29.2. The third-order valence-corrected chi connectivity index (χ3v) is 9.95. The molecule has 48 heavy (non-hydrogen) atoms. The first kappa shape index (κ1) is 37.3. The predicted octanol–water partition coefficient (Wildman–Crippen LogP) is 3.57. The molecule has 3 aliphatic rings. The number of esters is 1. The van der Waals surface area contributed by atoms with Gasteiger partial charge < -0.3 is 34.4 Å². The van der Waals surface area contributed by atoms with Crippen LogP contribution in [0.3, 0.4) is 0 Å². The second-order valence-electron chi connectivity index (χ2n) is 14.4. The standard InChI is InChI=1S/C37H53N3O8/c1-9-11-17-28(42)38-25(22-46-8)31(24-15-13-12-14-16-24)47-35(45)29-27-18-19-37(48-27)30(29)33(43)40(26(21-41)23(3)4)32(37)34(44)39(20-10-2)36(5,6)7/h9-10,12-16,23,25-27,29-32,41H,1-2,11,17-22H2,3-8H3,(H,38,42)/t25-,26+,27-,29+,30+,31-,32-,37+/m1/s1. The van der Waals surface area contributed by atoms with Crippen molar-refractivity contribution in [3.63, 3.8) is 0 Å². The number of aliphatic hydroxyl groups is 1. The highest BCUT2D eigenvalue weighted by Gasteiger charge is 2.76. The molecule has 264 valence electrons. The first-order valence-electron chi connectivity index (χ1n) is 16.9. The summed E-state index contributed by atoms with van der Waals surface area (Å²) in [6.07, 6.45) is 3.28. The number of benzene rings is 1. The minimum atomic E-state index is -1.28. The second-order valence-corrected chi connectivity index (χ2v) is 14.4. The number of likely N-dealkylation sites (tertiary alicyclic amines) is 1. The number of ether oxygens (including phenoxy) is 3. The SMILES string of the molecule is C=CCCC(=O)N[C@H](COC)[C@H](OC(=O)[C@@H]1[C@H]2C(=O)N([C@@H](CO)C(C)C)[C@H](C(=O)N(CC=C)C(C)(C)C)[C@]23CC[C@H]1O3)c1ccccc1. The van der Waals surface area contributed by atoms with Crippen molar-refractivity contribution in [3.05, 3.63) is 61.2 Å². The van der Waals surface area contributed by atoms with Crippen LogP contribution in [-0.4, -0.2) is 101 Å². The largest absolute Gasteiger partial charge is 0.455 e. The Hall–Kier alpha value is -3.54. The number of hydrogen-bond acceptors (Lipinski definition) is 8. The fourth-order valence-corrected chi connectivity index (χ4v) is 7.71. The van der Waals surface area contributed by atoms with E-state index >= 15 is 0 Å². The Morgan fingerprint density at radius 2 is 1.88 bits per heavy atom. The molecule has 0 unspecified atom stereocenters. The molecule has 3 saturated heterocycles. The fourth-order valence-electron chi connectivity index (χ4n) is 7.71. The molecule has 1 spiro atoms. The third-order valence-electron chi connectivity index (χ3n) is 9.95. The number of aliphatic hydroxyl groups excluding tert-OH is 1. The molecule has 3 aliphatic heterocycles. The zero-order valence-corrected chi connectivity index (χ0v) is 29.2. The number of hydrogen-bond donors (Lipinski definition) is 2. The molecule has 11 nitrogen and oxygen atoms in total. The van der Waals surface area contributed by atoms with E-state index in [2.05, 4.69) is 18.5 Å². The van der Waals surface area contributed by atoms with Gasteiger partial charge in [0.25, 0.3) is 0 Å². The Kier molecular flexibility index (Phi) is 11.9. The van der Waals surface area contributed by atoms with E-state index in [1.165, 1.54) is 12.0 Å². The lowest BCUT2D eigenvalue weighted by Gasteiger charge is -2.44. The van der Waals surface area contributed by atoms with Crippen molar-refractivity contribution in [2.24, 2.45) is 17.8 Å². The van der Waals surface area contributed by atoms with E-state index in [0.717, 1.165) is 0 Å². The van der Waals surface area contributed by atoms with Gasteiger partial charge in [0.1, 0.15) is 17.7 Å². The molecular formula is C37H53N3O8. The number of carbonyl (C=O) groups excluding carboxylic acids is 4. The summed E-state index contributed by atoms with van der Waals surface area (Å²) >= 11 is 0. The molecule has 4 rings (SSSR count). The summed E-state index contributed by atoms with van der Waals surface area (Å²) in [5.74, 6) is -3.77. The number of rotatable bonds is 16. The highest BCUT2D eigenvalue weighted by molar-refractivity contribution is 5.98. The monoisotopic (exact) mass is 667 g/mol. The second kappa shape index (κ2) is 15.3. The number of nitrogens with one attached hydrogen (secondary N) is 1. The van der Waals surface area contributed by atoms with Crippen LogP contribution in [0, 0.1) is 17.8 Å². The van der Waals surface area contributed by atoms with Gasteiger partial charge in [0.2, 0.25) is 17.7 Å². The van der Waals surface area contributed by atoms with Gasteiger partial charge in [-0.2, -0.15) is 0 Å². The maximum absolute atomic E-state index is 14.6. The zero-order chi connectivity index (χ0) is 35.4. The Morgan fingerprint density at radius 1 is 1.19 bits per heavy atom. The van der Waals surface area contributed by atoms with Crippen LogP contribution in [0.1, 0.15) is 72.0 Å².